The maximum Gasteiger partial charge on any atom is 0.258 e. The highest BCUT2D eigenvalue weighted by Gasteiger charge is 2.25. The standard InChI is InChI=1S/C22H22I6N2O8/c23-11-1-13(25)21(37-7-15(35)29-3-9(33)5-31)19(27)17(11)18-12(24)2-14(26)22(20(18)28)38-8-16(36)30-4-10(34)6-32/h1-2,9-10,31-34H,3-8H2,(H,29,35)(H,30,36). The number of nitrogens with one attached hydrogen (secondary N) is 2. The summed E-state index contributed by atoms with van der Waals surface area (Å²) in [5.41, 5.74) is 1.78. The summed E-state index contributed by atoms with van der Waals surface area (Å²) in [5, 5.41) is 41.7. The van der Waals surface area contributed by atoms with Gasteiger partial charge < -0.3 is 40.5 Å². The van der Waals surface area contributed by atoms with Crippen molar-refractivity contribution in [1.82, 2.24) is 10.6 Å². The molecule has 2 unspecified atom stereocenters. The fourth-order valence-corrected chi connectivity index (χ4v) is 11.3. The van der Waals surface area contributed by atoms with Crippen LogP contribution < -0.4 is 20.1 Å². The number of hydrogen-bond donors (Lipinski definition) is 6. The minimum Gasteiger partial charge on any atom is -0.482 e. The van der Waals surface area contributed by atoms with Crippen molar-refractivity contribution in [3.63, 3.8) is 0 Å². The summed E-state index contributed by atoms with van der Waals surface area (Å²) >= 11 is 13.2. The van der Waals surface area contributed by atoms with Gasteiger partial charge in [0.2, 0.25) is 0 Å². The molecule has 16 heteroatoms. The Morgan fingerprint density at radius 1 is 0.684 bits per heavy atom. The quantitative estimate of drug-likeness (QED) is 0.168. The van der Waals surface area contributed by atoms with E-state index in [-0.39, 0.29) is 26.3 Å². The minimum atomic E-state index is -1.04. The van der Waals surface area contributed by atoms with E-state index in [9.17, 15) is 19.8 Å². The van der Waals surface area contributed by atoms with Gasteiger partial charge in [-0.05, 0) is 148 Å². The second-order valence-corrected chi connectivity index (χ2v) is 14.4. The van der Waals surface area contributed by atoms with Crippen molar-refractivity contribution >= 4 is 147 Å². The lowest BCUT2D eigenvalue weighted by Crippen LogP contribution is -2.36. The Morgan fingerprint density at radius 2 is 1.03 bits per heavy atom. The van der Waals surface area contributed by atoms with Crippen LogP contribution in [0.4, 0.5) is 0 Å². The highest BCUT2D eigenvalue weighted by Crippen LogP contribution is 2.45. The van der Waals surface area contributed by atoms with Gasteiger partial charge in [0.25, 0.3) is 11.8 Å². The highest BCUT2D eigenvalue weighted by atomic mass is 127. The molecule has 0 radical (unpaired) electrons. The smallest absolute Gasteiger partial charge is 0.258 e. The fraction of sp³-hybridized carbons (Fsp3) is 0.364. The van der Waals surface area contributed by atoms with Crippen LogP contribution in [0, 0.1) is 21.4 Å². The van der Waals surface area contributed by atoms with Crippen molar-refractivity contribution in [2.24, 2.45) is 0 Å². The number of carbonyl (C=O) groups is 2. The van der Waals surface area contributed by atoms with Gasteiger partial charge in [-0.1, -0.05) is 0 Å². The molecule has 2 rings (SSSR count). The lowest BCUT2D eigenvalue weighted by atomic mass is 10.1. The molecule has 0 aliphatic heterocycles. The van der Waals surface area contributed by atoms with Crippen LogP contribution in [0.1, 0.15) is 0 Å². The Hall–Kier alpha value is 1.20. The molecule has 0 heterocycles. The third-order valence-electron chi connectivity index (χ3n) is 4.69. The summed E-state index contributed by atoms with van der Waals surface area (Å²) in [5.74, 6) is 0.217. The highest BCUT2D eigenvalue weighted by molar-refractivity contribution is 14.1. The summed E-state index contributed by atoms with van der Waals surface area (Å²) in [7, 11) is 0. The SMILES string of the molecule is O=C(COc1c(I)cc(I)c(-c2c(I)cc(I)c(OCC(=O)NCC(O)CO)c2I)c1I)NCC(O)CO. The molecule has 0 fully saturated rings. The maximum absolute atomic E-state index is 12.2. The molecule has 6 N–H and O–H groups in total. The molecule has 0 bridgehead atoms. The molecule has 0 saturated carbocycles. The normalized spacial score (nSPS) is 12.6. The van der Waals surface area contributed by atoms with E-state index in [1.54, 1.807) is 0 Å². The monoisotopic (exact) mass is 1200 g/mol. The first-order valence-corrected chi connectivity index (χ1v) is 17.1. The molecule has 2 aromatic rings. The zero-order valence-corrected chi connectivity index (χ0v) is 32.2. The average Bonchev–Trinajstić information content (AvgIpc) is 2.86. The summed E-state index contributed by atoms with van der Waals surface area (Å²) in [6.07, 6.45) is -2.08. The van der Waals surface area contributed by atoms with Gasteiger partial charge in [0.1, 0.15) is 11.5 Å². The first-order chi connectivity index (χ1) is 17.9. The summed E-state index contributed by atoms with van der Waals surface area (Å²) in [6, 6.07) is 3.90. The Bertz CT molecular complexity index is 1080. The number of aliphatic hydroxyl groups is 4. The molecule has 0 saturated heterocycles. The molecule has 2 amide bonds. The van der Waals surface area contributed by atoms with Crippen LogP contribution in [-0.4, -0.2) is 84.0 Å². The van der Waals surface area contributed by atoms with Crippen LogP contribution in [0.3, 0.4) is 0 Å². The van der Waals surface area contributed by atoms with Crippen molar-refractivity contribution < 1.29 is 39.5 Å². The van der Waals surface area contributed by atoms with Crippen LogP contribution >= 0.6 is 136 Å². The van der Waals surface area contributed by atoms with Gasteiger partial charge in [-0.3, -0.25) is 9.59 Å². The van der Waals surface area contributed by atoms with Crippen LogP contribution in [0.5, 0.6) is 11.5 Å². The molecule has 38 heavy (non-hydrogen) atoms. The van der Waals surface area contributed by atoms with Gasteiger partial charge >= 0.3 is 0 Å². The number of benzene rings is 2. The Balaban J connectivity index is 2.35. The lowest BCUT2D eigenvalue weighted by Gasteiger charge is -2.20. The van der Waals surface area contributed by atoms with Crippen LogP contribution in [-0.2, 0) is 9.59 Å². The molecule has 0 aliphatic rings. The first-order valence-electron chi connectivity index (χ1n) is 10.6. The predicted octanol–water partition coefficient (Wildman–Crippen LogP) is 2.68. The van der Waals surface area contributed by atoms with E-state index in [1.807, 2.05) is 12.1 Å². The number of rotatable bonds is 13. The van der Waals surface area contributed by atoms with E-state index >= 15 is 0 Å². The van der Waals surface area contributed by atoms with Crippen molar-refractivity contribution in [3.8, 4) is 22.6 Å². The van der Waals surface area contributed by atoms with Gasteiger partial charge in [0.15, 0.2) is 13.2 Å². The molecular weight excluding hydrogens is 1180 g/mol. The number of halogens is 6. The largest absolute Gasteiger partial charge is 0.482 e. The topological polar surface area (TPSA) is 158 Å². The van der Waals surface area contributed by atoms with Crippen molar-refractivity contribution in [2.45, 2.75) is 12.2 Å². The first kappa shape index (κ1) is 35.4. The molecule has 0 aromatic heterocycles. The lowest BCUT2D eigenvalue weighted by molar-refractivity contribution is -0.124. The summed E-state index contributed by atoms with van der Waals surface area (Å²) in [4.78, 5) is 24.4. The number of hydrogen-bond acceptors (Lipinski definition) is 8. The predicted molar refractivity (Wildman–Crippen MR) is 191 cm³/mol. The van der Waals surface area contributed by atoms with Gasteiger partial charge in [0, 0.05) is 31.4 Å². The minimum absolute atomic E-state index is 0.0767. The van der Waals surface area contributed by atoms with Crippen LogP contribution in [0.2, 0.25) is 0 Å². The van der Waals surface area contributed by atoms with Gasteiger partial charge in [-0.2, -0.15) is 0 Å². The second kappa shape index (κ2) is 17.3. The van der Waals surface area contributed by atoms with Crippen LogP contribution in [0.15, 0.2) is 12.1 Å². The fourth-order valence-electron chi connectivity index (χ4n) is 2.84. The number of amides is 2. The average molecular weight is 1200 g/mol. The summed E-state index contributed by atoms with van der Waals surface area (Å²) < 4.78 is 16.9. The molecule has 2 aromatic carbocycles. The summed E-state index contributed by atoms with van der Waals surface area (Å²) in [6.45, 7) is -1.58. The molecule has 0 spiro atoms. The number of aliphatic hydroxyl groups excluding tert-OH is 4. The van der Waals surface area contributed by atoms with Gasteiger partial charge in [0.05, 0.1) is 39.7 Å². The molecule has 2 atom stereocenters. The van der Waals surface area contributed by atoms with Crippen LogP contribution in [0.25, 0.3) is 11.1 Å². The molecule has 10 nitrogen and oxygen atoms in total. The van der Waals surface area contributed by atoms with Gasteiger partial charge in [-0.15, -0.1) is 0 Å². The zero-order valence-electron chi connectivity index (χ0n) is 19.2. The van der Waals surface area contributed by atoms with Crippen molar-refractivity contribution in [1.29, 1.82) is 0 Å². The molecule has 0 aliphatic carbocycles. The zero-order chi connectivity index (χ0) is 28.6. The third-order valence-corrected chi connectivity index (χ3v) is 10.1. The van der Waals surface area contributed by atoms with E-state index in [1.165, 1.54) is 0 Å². The Labute approximate surface area is 301 Å². The van der Waals surface area contributed by atoms with Crippen molar-refractivity contribution in [2.75, 3.05) is 39.5 Å². The van der Waals surface area contributed by atoms with Gasteiger partial charge in [-0.25, -0.2) is 0 Å². The Kier molecular flexibility index (Phi) is 16.2. The number of ether oxygens (including phenoxy) is 2. The third kappa shape index (κ3) is 10.2. The Morgan fingerprint density at radius 3 is 1.34 bits per heavy atom. The molecule has 210 valence electrons. The van der Waals surface area contributed by atoms with E-state index < -0.39 is 37.2 Å². The van der Waals surface area contributed by atoms with Crippen molar-refractivity contribution in [3.05, 3.63) is 33.6 Å². The maximum atomic E-state index is 12.2. The number of carbonyl (C=O) groups excluding carboxylic acids is 2. The van der Waals surface area contributed by atoms with E-state index in [4.69, 9.17) is 19.7 Å². The molecular formula is C22H22I6N2O8. The second-order valence-electron chi connectivity index (χ2n) is 7.57. The van der Waals surface area contributed by atoms with E-state index in [2.05, 4.69) is 146 Å². The van der Waals surface area contributed by atoms with E-state index in [0.717, 1.165) is 32.5 Å². The van der Waals surface area contributed by atoms with E-state index in [0.29, 0.717) is 11.5 Å².